The zero-order chi connectivity index (χ0) is 29.1. The van der Waals surface area contributed by atoms with Crippen LogP contribution in [-0.4, -0.2) is 17.2 Å². The van der Waals surface area contributed by atoms with Gasteiger partial charge < -0.3 is 4.90 Å². The van der Waals surface area contributed by atoms with Crippen LogP contribution in [0.2, 0.25) is 0 Å². The van der Waals surface area contributed by atoms with Crippen molar-refractivity contribution in [2.45, 2.75) is 17.5 Å². The van der Waals surface area contributed by atoms with Crippen molar-refractivity contribution in [2.75, 3.05) is 4.90 Å². The summed E-state index contributed by atoms with van der Waals surface area (Å²) in [6.07, 6.45) is 10.1. The second-order valence-corrected chi connectivity index (χ2v) is 11.8. The third-order valence-corrected chi connectivity index (χ3v) is 9.57. The number of aliphatic imine (C=N–C) groups is 1. The summed E-state index contributed by atoms with van der Waals surface area (Å²) in [5, 5.41) is 0. The Labute approximate surface area is 257 Å². The highest BCUT2D eigenvalue weighted by molar-refractivity contribution is 5.92. The van der Waals surface area contributed by atoms with Crippen LogP contribution in [0.1, 0.15) is 33.9 Å². The summed E-state index contributed by atoms with van der Waals surface area (Å²) >= 11 is 0. The lowest BCUT2D eigenvalue weighted by atomic mass is 9.67. The molecule has 0 N–H and O–H groups in total. The number of nitrogens with zero attached hydrogens (tertiary/aromatic N) is 3. The van der Waals surface area contributed by atoms with Gasteiger partial charge in [-0.15, -0.1) is 0 Å². The van der Waals surface area contributed by atoms with Crippen molar-refractivity contribution >= 4 is 17.6 Å². The van der Waals surface area contributed by atoms with Gasteiger partial charge in [-0.3, -0.25) is 9.98 Å². The molecule has 208 valence electrons. The minimum absolute atomic E-state index is 0.00954. The van der Waals surface area contributed by atoms with E-state index >= 15 is 0 Å². The van der Waals surface area contributed by atoms with E-state index in [-0.39, 0.29) is 12.1 Å². The lowest BCUT2D eigenvalue weighted by Gasteiger charge is -2.34. The SMILES string of the molecule is C1=CC2C(N=C1)c1cc3c(cc1N2c1cccc(-c2cccnc2)c1)-c1ccccc1C3(c1ccccc1)c1ccccc1. The zero-order valence-corrected chi connectivity index (χ0v) is 24.1. The van der Waals surface area contributed by atoms with Crippen LogP contribution in [0, 0.1) is 0 Å². The monoisotopic (exact) mass is 563 g/mol. The first-order chi connectivity index (χ1) is 21.8. The second kappa shape index (κ2) is 9.75. The second-order valence-electron chi connectivity index (χ2n) is 11.8. The number of aromatic nitrogens is 1. The Morgan fingerprint density at radius 3 is 2.14 bits per heavy atom. The van der Waals surface area contributed by atoms with Crippen molar-refractivity contribution < 1.29 is 0 Å². The summed E-state index contributed by atoms with van der Waals surface area (Å²) < 4.78 is 0. The van der Waals surface area contributed by atoms with Crippen LogP contribution in [0.3, 0.4) is 0 Å². The largest absolute Gasteiger partial charge is 0.332 e. The fourth-order valence-electron chi connectivity index (χ4n) is 7.77. The topological polar surface area (TPSA) is 28.5 Å². The Balaban J connectivity index is 1.32. The molecule has 2 aliphatic heterocycles. The molecule has 1 aliphatic carbocycles. The van der Waals surface area contributed by atoms with Gasteiger partial charge in [-0.2, -0.15) is 0 Å². The third-order valence-electron chi connectivity index (χ3n) is 9.57. The normalized spacial score (nSPS) is 18.4. The van der Waals surface area contributed by atoms with E-state index in [0.29, 0.717) is 0 Å². The zero-order valence-electron chi connectivity index (χ0n) is 24.1. The van der Waals surface area contributed by atoms with Gasteiger partial charge in [-0.1, -0.05) is 109 Å². The Morgan fingerprint density at radius 1 is 0.614 bits per heavy atom. The Kier molecular flexibility index (Phi) is 5.54. The van der Waals surface area contributed by atoms with Crippen LogP contribution in [0.4, 0.5) is 11.4 Å². The number of hydrogen-bond acceptors (Lipinski definition) is 3. The van der Waals surface area contributed by atoms with Crippen molar-refractivity contribution in [3.05, 3.63) is 186 Å². The van der Waals surface area contributed by atoms with Crippen molar-refractivity contribution in [3.8, 4) is 22.3 Å². The molecular weight excluding hydrogens is 534 g/mol. The van der Waals surface area contributed by atoms with E-state index in [1.807, 2.05) is 24.7 Å². The summed E-state index contributed by atoms with van der Waals surface area (Å²) in [5.74, 6) is 0. The maximum absolute atomic E-state index is 5.09. The molecule has 0 bridgehead atoms. The molecule has 3 heterocycles. The number of hydrogen-bond donors (Lipinski definition) is 0. The van der Waals surface area contributed by atoms with Gasteiger partial charge in [-0.25, -0.2) is 0 Å². The average Bonchev–Trinajstić information content (AvgIpc) is 3.59. The van der Waals surface area contributed by atoms with E-state index in [2.05, 4.69) is 149 Å². The minimum atomic E-state index is -0.430. The minimum Gasteiger partial charge on any atom is -0.332 e. The molecule has 1 aromatic heterocycles. The lowest BCUT2D eigenvalue weighted by Crippen LogP contribution is -2.29. The molecule has 0 amide bonds. The highest BCUT2D eigenvalue weighted by Gasteiger charge is 2.48. The van der Waals surface area contributed by atoms with Crippen LogP contribution in [0.5, 0.6) is 0 Å². The van der Waals surface area contributed by atoms with Gasteiger partial charge in [0.05, 0.1) is 11.5 Å². The molecule has 2 unspecified atom stereocenters. The molecule has 44 heavy (non-hydrogen) atoms. The van der Waals surface area contributed by atoms with Gasteiger partial charge in [-0.05, 0) is 75.4 Å². The molecule has 0 radical (unpaired) electrons. The quantitative estimate of drug-likeness (QED) is 0.213. The van der Waals surface area contributed by atoms with E-state index in [0.717, 1.165) is 16.8 Å². The van der Waals surface area contributed by atoms with Gasteiger partial charge in [0.15, 0.2) is 0 Å². The van der Waals surface area contributed by atoms with Gasteiger partial charge in [0.1, 0.15) is 6.04 Å². The number of benzene rings is 5. The number of anilines is 2. The van der Waals surface area contributed by atoms with Crippen LogP contribution in [0.25, 0.3) is 22.3 Å². The van der Waals surface area contributed by atoms with E-state index < -0.39 is 5.41 Å². The van der Waals surface area contributed by atoms with E-state index in [1.54, 1.807) is 0 Å². The number of pyridine rings is 1. The van der Waals surface area contributed by atoms with Crippen LogP contribution >= 0.6 is 0 Å². The molecule has 5 aromatic carbocycles. The number of rotatable bonds is 4. The molecule has 0 saturated carbocycles. The van der Waals surface area contributed by atoms with Crippen LogP contribution in [-0.2, 0) is 5.41 Å². The maximum atomic E-state index is 5.09. The van der Waals surface area contributed by atoms with E-state index in [1.165, 1.54) is 44.6 Å². The smallest absolute Gasteiger partial charge is 0.101 e. The summed E-state index contributed by atoms with van der Waals surface area (Å²) in [5.41, 5.74) is 13.3. The molecule has 6 aromatic rings. The van der Waals surface area contributed by atoms with Crippen molar-refractivity contribution in [1.82, 2.24) is 4.98 Å². The Bertz CT molecular complexity index is 2040. The predicted molar refractivity (Wildman–Crippen MR) is 180 cm³/mol. The first kappa shape index (κ1) is 25.0. The Hall–Kier alpha value is -5.54. The summed E-state index contributed by atoms with van der Waals surface area (Å²) in [7, 11) is 0. The number of allylic oxidation sites excluding steroid dienone is 1. The fourth-order valence-corrected chi connectivity index (χ4v) is 7.77. The molecule has 3 nitrogen and oxygen atoms in total. The van der Waals surface area contributed by atoms with Gasteiger partial charge in [0, 0.05) is 41.1 Å². The van der Waals surface area contributed by atoms with Crippen molar-refractivity contribution in [3.63, 3.8) is 0 Å². The van der Waals surface area contributed by atoms with Crippen LogP contribution < -0.4 is 4.90 Å². The summed E-state index contributed by atoms with van der Waals surface area (Å²) in [4.78, 5) is 12.0. The predicted octanol–water partition coefficient (Wildman–Crippen LogP) is 9.31. The van der Waals surface area contributed by atoms with Gasteiger partial charge in [0.25, 0.3) is 0 Å². The molecular formula is C41H29N3. The lowest BCUT2D eigenvalue weighted by molar-refractivity contribution is 0.665. The number of dihydropyridines is 1. The molecule has 3 heteroatoms. The molecule has 3 aliphatic rings. The highest BCUT2D eigenvalue weighted by atomic mass is 15.2. The van der Waals surface area contributed by atoms with Gasteiger partial charge in [0.2, 0.25) is 0 Å². The molecule has 0 spiro atoms. The molecule has 2 atom stereocenters. The van der Waals surface area contributed by atoms with E-state index in [4.69, 9.17) is 4.99 Å². The van der Waals surface area contributed by atoms with Crippen molar-refractivity contribution in [2.24, 2.45) is 4.99 Å². The van der Waals surface area contributed by atoms with Crippen molar-refractivity contribution in [1.29, 1.82) is 0 Å². The standard InChI is InChI=1S/C41H29N3/c1-3-14-30(15-4-1)41(31-16-5-2-6-17-31)36-20-8-7-19-33(36)34-26-39-35(25-37(34)41)40-38(21-11-23-43-40)44(39)32-18-9-12-28(24-32)29-13-10-22-42-27-29/h1-27,38,40H. The van der Waals surface area contributed by atoms with Crippen LogP contribution in [0.15, 0.2) is 163 Å². The molecule has 0 fully saturated rings. The maximum Gasteiger partial charge on any atom is 0.101 e. The van der Waals surface area contributed by atoms with E-state index in [9.17, 15) is 0 Å². The van der Waals surface area contributed by atoms with Gasteiger partial charge >= 0.3 is 0 Å². The average molecular weight is 564 g/mol. The number of fused-ring (bicyclic) bond motifs is 6. The summed E-state index contributed by atoms with van der Waals surface area (Å²) in [6.45, 7) is 0. The fraction of sp³-hybridized carbons (Fsp3) is 0.0732. The Morgan fingerprint density at radius 2 is 1.36 bits per heavy atom. The first-order valence-electron chi connectivity index (χ1n) is 15.2. The third kappa shape index (κ3) is 3.50. The highest BCUT2D eigenvalue weighted by Crippen LogP contribution is 2.59. The molecule has 0 saturated heterocycles. The summed E-state index contributed by atoms with van der Waals surface area (Å²) in [6, 6.07) is 48.9. The first-order valence-corrected chi connectivity index (χ1v) is 15.2. The molecule has 9 rings (SSSR count).